The first-order chi connectivity index (χ1) is 22.4. The van der Waals surface area contributed by atoms with Crippen LogP contribution in [0.1, 0.15) is 35.2 Å². The Labute approximate surface area is 286 Å². The minimum Gasteiger partial charge on any atom is -0.497 e. The quantitative estimate of drug-likeness (QED) is 0.151. The van der Waals surface area contributed by atoms with Crippen molar-refractivity contribution in [1.29, 1.82) is 0 Å². The molecule has 10 heteroatoms. The Hall–Kier alpha value is -4.25. The fraction of sp³-hybridized carbons (Fsp3) is 0.139. The summed E-state index contributed by atoms with van der Waals surface area (Å²) >= 11 is 8.48. The maximum atomic E-state index is 14.4. The highest BCUT2D eigenvalue weighted by Crippen LogP contribution is 2.37. The number of carbonyl (C=O) groups excluding carboxylic acids is 1. The van der Waals surface area contributed by atoms with Crippen LogP contribution in [0.25, 0.3) is 11.8 Å². The number of fused-ring (bicyclic) bond motifs is 1. The van der Waals surface area contributed by atoms with Crippen molar-refractivity contribution in [2.45, 2.75) is 19.6 Å². The normalized spacial score (nSPS) is 14.4. The first kappa shape index (κ1) is 31.7. The van der Waals surface area contributed by atoms with Gasteiger partial charge < -0.3 is 14.2 Å². The zero-order chi connectivity index (χ0) is 32.2. The molecule has 0 bridgehead atoms. The summed E-state index contributed by atoms with van der Waals surface area (Å²) in [5.74, 6) is 0.652. The van der Waals surface area contributed by atoms with Gasteiger partial charge in [-0.1, -0.05) is 100 Å². The Morgan fingerprint density at radius 3 is 2.43 bits per heavy atom. The zero-order valence-corrected chi connectivity index (χ0v) is 28.9. The predicted octanol–water partition coefficient (Wildman–Crippen LogP) is 7.05. The molecule has 0 saturated heterocycles. The number of methoxy groups -OCH3 is 1. The monoisotopic (exact) mass is 758 g/mol. The molecule has 46 heavy (non-hydrogen) atoms. The van der Waals surface area contributed by atoms with Gasteiger partial charge in [-0.2, -0.15) is 0 Å². The number of ether oxygens (including phenoxy) is 3. The Morgan fingerprint density at radius 1 is 0.978 bits per heavy atom. The SMILES string of the molecule is CCOC(=O)C1=C(c2ccccc2)N=c2s/c(=C\c3cc(Br)cc(Br)c3OCc3ccccc3)c(=O)n2[C@H]1c1cccc(OC)c1. The van der Waals surface area contributed by atoms with Gasteiger partial charge in [-0.15, -0.1) is 0 Å². The van der Waals surface area contributed by atoms with Gasteiger partial charge in [0, 0.05) is 15.6 Å². The van der Waals surface area contributed by atoms with E-state index in [0.717, 1.165) is 20.1 Å². The van der Waals surface area contributed by atoms with Gasteiger partial charge in [-0.25, -0.2) is 9.79 Å². The van der Waals surface area contributed by atoms with Crippen molar-refractivity contribution in [3.8, 4) is 11.5 Å². The molecule has 1 aliphatic rings. The third kappa shape index (κ3) is 6.51. The van der Waals surface area contributed by atoms with Crippen molar-refractivity contribution in [2.75, 3.05) is 13.7 Å². The fourth-order valence-corrected chi connectivity index (χ4v) is 7.64. The molecule has 2 heterocycles. The van der Waals surface area contributed by atoms with Gasteiger partial charge in [0.1, 0.15) is 18.1 Å². The van der Waals surface area contributed by atoms with Gasteiger partial charge in [-0.3, -0.25) is 9.36 Å². The van der Waals surface area contributed by atoms with E-state index in [0.29, 0.717) is 44.3 Å². The van der Waals surface area contributed by atoms with Gasteiger partial charge in [0.25, 0.3) is 5.56 Å². The number of hydrogen-bond donors (Lipinski definition) is 0. The van der Waals surface area contributed by atoms with Crippen LogP contribution in [0.5, 0.6) is 11.5 Å². The summed E-state index contributed by atoms with van der Waals surface area (Å²) in [5.41, 5.74) is 3.58. The molecule has 0 radical (unpaired) electrons. The van der Waals surface area contributed by atoms with Crippen molar-refractivity contribution in [3.63, 3.8) is 0 Å². The number of halogens is 2. The summed E-state index contributed by atoms with van der Waals surface area (Å²) in [6.07, 6.45) is 1.80. The van der Waals surface area contributed by atoms with E-state index in [4.69, 9.17) is 19.2 Å². The second-order valence-electron chi connectivity index (χ2n) is 10.3. The van der Waals surface area contributed by atoms with E-state index < -0.39 is 12.0 Å². The molecule has 6 rings (SSSR count). The molecule has 0 fully saturated rings. The van der Waals surface area contributed by atoms with Crippen LogP contribution in [0.3, 0.4) is 0 Å². The van der Waals surface area contributed by atoms with Crippen molar-refractivity contribution in [3.05, 3.63) is 154 Å². The molecule has 4 aromatic carbocycles. The number of nitrogens with zero attached hydrogens (tertiary/aromatic N) is 2. The number of hydrogen-bond acceptors (Lipinski definition) is 7. The van der Waals surface area contributed by atoms with Crippen molar-refractivity contribution in [2.24, 2.45) is 4.99 Å². The first-order valence-corrected chi connectivity index (χ1v) is 16.9. The fourth-order valence-electron chi connectivity index (χ4n) is 5.28. The van der Waals surface area contributed by atoms with Gasteiger partial charge in [0.15, 0.2) is 4.80 Å². The number of thiazole rings is 1. The molecule has 0 aliphatic carbocycles. The summed E-state index contributed by atoms with van der Waals surface area (Å²) in [5, 5.41) is 0. The van der Waals surface area contributed by atoms with Gasteiger partial charge >= 0.3 is 5.97 Å². The minimum atomic E-state index is -0.814. The lowest BCUT2D eigenvalue weighted by atomic mass is 9.93. The summed E-state index contributed by atoms with van der Waals surface area (Å²) in [4.78, 5) is 33.5. The van der Waals surface area contributed by atoms with Crippen molar-refractivity contribution >= 4 is 60.9 Å². The van der Waals surface area contributed by atoms with Crippen LogP contribution >= 0.6 is 43.2 Å². The van der Waals surface area contributed by atoms with Crippen molar-refractivity contribution in [1.82, 2.24) is 4.57 Å². The Bertz CT molecular complexity index is 2130. The van der Waals surface area contributed by atoms with Crippen LogP contribution in [0.4, 0.5) is 0 Å². The van der Waals surface area contributed by atoms with Gasteiger partial charge in [0.05, 0.1) is 40.0 Å². The molecule has 1 aliphatic heterocycles. The van der Waals surface area contributed by atoms with Crippen LogP contribution < -0.4 is 24.4 Å². The Morgan fingerprint density at radius 2 is 1.72 bits per heavy atom. The van der Waals surface area contributed by atoms with Gasteiger partial charge in [-0.05, 0) is 64.3 Å². The maximum absolute atomic E-state index is 14.4. The van der Waals surface area contributed by atoms with Crippen LogP contribution in [-0.4, -0.2) is 24.3 Å². The largest absolute Gasteiger partial charge is 0.497 e. The minimum absolute atomic E-state index is 0.170. The van der Waals surface area contributed by atoms with E-state index in [2.05, 4.69) is 31.9 Å². The van der Waals surface area contributed by atoms with Crippen LogP contribution in [0.15, 0.2) is 121 Å². The number of carbonyl (C=O) groups is 1. The Kier molecular flexibility index (Phi) is 9.67. The van der Waals surface area contributed by atoms with E-state index in [1.807, 2.05) is 97.1 Å². The zero-order valence-electron chi connectivity index (χ0n) is 24.9. The first-order valence-electron chi connectivity index (χ1n) is 14.5. The molecule has 7 nitrogen and oxygen atoms in total. The lowest BCUT2D eigenvalue weighted by Gasteiger charge is -2.26. The number of rotatable bonds is 9. The lowest BCUT2D eigenvalue weighted by Crippen LogP contribution is -2.40. The molecule has 0 spiro atoms. The average molecular weight is 761 g/mol. The standard InChI is InChI=1S/C36H28Br2N2O5S/c1-3-44-35(42)30-31(23-13-8-5-9-14-23)39-36-40(32(30)24-15-10-16-27(18-24)43-2)34(41)29(46-36)19-25-17-26(37)20-28(38)33(25)45-21-22-11-6-4-7-12-22/h4-20,32H,3,21H2,1-2H3/b29-19-/t32-/m0/s1. The molecule has 0 saturated carbocycles. The van der Waals surface area contributed by atoms with Gasteiger partial charge in [0.2, 0.25) is 0 Å². The highest BCUT2D eigenvalue weighted by Gasteiger charge is 2.35. The number of benzene rings is 4. The lowest BCUT2D eigenvalue weighted by molar-refractivity contribution is -0.138. The van der Waals surface area contributed by atoms with Crippen LogP contribution in [-0.2, 0) is 16.1 Å². The van der Waals surface area contributed by atoms with E-state index >= 15 is 0 Å². The summed E-state index contributed by atoms with van der Waals surface area (Å²) < 4.78 is 20.9. The van der Waals surface area contributed by atoms with E-state index in [1.165, 1.54) is 11.3 Å². The number of esters is 1. The third-order valence-electron chi connectivity index (χ3n) is 7.33. The highest BCUT2D eigenvalue weighted by atomic mass is 79.9. The number of aromatic nitrogens is 1. The molecule has 0 unspecified atom stereocenters. The van der Waals surface area contributed by atoms with E-state index in [9.17, 15) is 9.59 Å². The van der Waals surface area contributed by atoms with Crippen LogP contribution in [0, 0.1) is 0 Å². The van der Waals surface area contributed by atoms with E-state index in [-0.39, 0.29) is 17.7 Å². The smallest absolute Gasteiger partial charge is 0.338 e. The molecule has 232 valence electrons. The second kappa shape index (κ2) is 14.0. The second-order valence-corrected chi connectivity index (χ2v) is 13.1. The predicted molar refractivity (Wildman–Crippen MR) is 187 cm³/mol. The molecular formula is C36H28Br2N2O5S. The molecule has 0 amide bonds. The molecule has 0 N–H and O–H groups in total. The van der Waals surface area contributed by atoms with E-state index in [1.54, 1.807) is 24.7 Å². The topological polar surface area (TPSA) is 79.1 Å². The average Bonchev–Trinajstić information content (AvgIpc) is 3.38. The molecular weight excluding hydrogens is 732 g/mol. The molecule has 1 aromatic heterocycles. The summed E-state index contributed by atoms with van der Waals surface area (Å²) in [7, 11) is 1.58. The summed E-state index contributed by atoms with van der Waals surface area (Å²) in [6, 6.07) is 29.7. The van der Waals surface area contributed by atoms with Crippen LogP contribution in [0.2, 0.25) is 0 Å². The highest BCUT2D eigenvalue weighted by molar-refractivity contribution is 9.11. The molecule has 1 atom stereocenters. The Balaban J connectivity index is 1.58. The maximum Gasteiger partial charge on any atom is 0.338 e. The third-order valence-corrected chi connectivity index (χ3v) is 9.36. The van der Waals surface area contributed by atoms with Crippen molar-refractivity contribution < 1.29 is 19.0 Å². The summed E-state index contributed by atoms with van der Waals surface area (Å²) in [6.45, 7) is 2.27. The molecule has 5 aromatic rings.